The van der Waals surface area contributed by atoms with E-state index in [0.29, 0.717) is 19.7 Å². The second-order valence-electron chi connectivity index (χ2n) is 6.10. The van der Waals surface area contributed by atoms with Gasteiger partial charge in [-0.1, -0.05) is 12.1 Å². The average Bonchev–Trinajstić information content (AvgIpc) is 2.90. The molecule has 22 heavy (non-hydrogen) atoms. The number of aliphatic hydroxyl groups is 1. The maximum atomic E-state index is 12.3. The molecule has 0 spiro atoms. The Balaban J connectivity index is 1.95. The van der Waals surface area contributed by atoms with Gasteiger partial charge in [0.25, 0.3) is 0 Å². The van der Waals surface area contributed by atoms with Gasteiger partial charge in [-0.25, -0.2) is 4.79 Å². The zero-order valence-corrected chi connectivity index (χ0v) is 13.7. The molecule has 0 bridgehead atoms. The highest BCUT2D eigenvalue weighted by atomic mass is 16.5. The van der Waals surface area contributed by atoms with Gasteiger partial charge >= 0.3 is 6.03 Å². The first-order chi connectivity index (χ1) is 10.5. The summed E-state index contributed by atoms with van der Waals surface area (Å²) in [7, 11) is 0. The number of nitrogens with one attached hydrogen (secondary N) is 1. The highest BCUT2D eigenvalue weighted by Crippen LogP contribution is 2.28. The van der Waals surface area contributed by atoms with Crippen molar-refractivity contribution in [3.8, 4) is 5.75 Å². The van der Waals surface area contributed by atoms with Crippen molar-refractivity contribution >= 4 is 6.03 Å². The Morgan fingerprint density at radius 2 is 2.27 bits per heavy atom. The highest BCUT2D eigenvalue weighted by Gasteiger charge is 2.38. The van der Waals surface area contributed by atoms with Gasteiger partial charge in [0.15, 0.2) is 0 Å². The van der Waals surface area contributed by atoms with Crippen LogP contribution in [0.4, 0.5) is 4.79 Å². The molecule has 0 aliphatic carbocycles. The molecule has 5 heteroatoms. The van der Waals surface area contributed by atoms with E-state index >= 15 is 0 Å². The first kappa shape index (κ1) is 16.6. The fraction of sp³-hybridized carbons (Fsp3) is 0.588. The van der Waals surface area contributed by atoms with Gasteiger partial charge in [-0.05, 0) is 50.8 Å². The molecular weight excluding hydrogens is 280 g/mol. The van der Waals surface area contributed by atoms with E-state index in [1.165, 1.54) is 0 Å². The minimum Gasteiger partial charge on any atom is -0.494 e. The number of carbonyl (C=O) groups excluding carboxylic acids is 1. The highest BCUT2D eigenvalue weighted by molar-refractivity contribution is 5.75. The SMILES string of the molecule is CCOc1ccc(CNC(=O)N2CCC[C@]2(C)CO)cc1C. The number of carbonyl (C=O) groups is 1. The van der Waals surface area contributed by atoms with E-state index in [1.807, 2.05) is 39.0 Å². The van der Waals surface area contributed by atoms with Crippen molar-refractivity contribution in [2.45, 2.75) is 45.7 Å². The smallest absolute Gasteiger partial charge is 0.318 e. The summed E-state index contributed by atoms with van der Waals surface area (Å²) in [4.78, 5) is 14.1. The molecule has 1 saturated heterocycles. The van der Waals surface area contributed by atoms with E-state index in [2.05, 4.69) is 5.32 Å². The third kappa shape index (κ3) is 3.53. The number of likely N-dealkylation sites (tertiary alicyclic amines) is 1. The Morgan fingerprint density at radius 1 is 1.50 bits per heavy atom. The number of nitrogens with zero attached hydrogens (tertiary/aromatic N) is 1. The van der Waals surface area contributed by atoms with Crippen molar-refractivity contribution in [1.29, 1.82) is 0 Å². The molecular formula is C17H26N2O3. The number of hydrogen-bond donors (Lipinski definition) is 2. The molecule has 1 aliphatic heterocycles. The minimum absolute atomic E-state index is 0.00256. The van der Waals surface area contributed by atoms with Crippen LogP contribution in [0, 0.1) is 6.92 Å². The molecule has 122 valence electrons. The molecule has 1 aromatic carbocycles. The number of aliphatic hydroxyl groups excluding tert-OH is 1. The van der Waals surface area contributed by atoms with Gasteiger partial charge < -0.3 is 20.1 Å². The van der Waals surface area contributed by atoms with Crippen LogP contribution in [0.25, 0.3) is 0 Å². The lowest BCUT2D eigenvalue weighted by molar-refractivity contribution is 0.0973. The van der Waals surface area contributed by atoms with Gasteiger partial charge in [0.2, 0.25) is 0 Å². The van der Waals surface area contributed by atoms with Crippen LogP contribution in [0.2, 0.25) is 0 Å². The number of benzene rings is 1. The van der Waals surface area contributed by atoms with Crippen molar-refractivity contribution in [2.24, 2.45) is 0 Å². The van der Waals surface area contributed by atoms with E-state index in [9.17, 15) is 9.90 Å². The van der Waals surface area contributed by atoms with E-state index in [1.54, 1.807) is 4.90 Å². The van der Waals surface area contributed by atoms with Crippen molar-refractivity contribution in [3.63, 3.8) is 0 Å². The lowest BCUT2D eigenvalue weighted by atomic mass is 10.0. The number of hydrogen-bond acceptors (Lipinski definition) is 3. The monoisotopic (exact) mass is 306 g/mol. The van der Waals surface area contributed by atoms with Crippen LogP contribution in [0.5, 0.6) is 5.75 Å². The first-order valence-electron chi connectivity index (χ1n) is 7.89. The second kappa shape index (κ2) is 7.01. The molecule has 0 unspecified atom stereocenters. The maximum absolute atomic E-state index is 12.3. The summed E-state index contributed by atoms with van der Waals surface area (Å²) >= 11 is 0. The lowest BCUT2D eigenvalue weighted by Gasteiger charge is -2.33. The number of aryl methyl sites for hydroxylation is 1. The Hall–Kier alpha value is -1.75. The van der Waals surface area contributed by atoms with Crippen LogP contribution in [0.3, 0.4) is 0 Å². The topological polar surface area (TPSA) is 61.8 Å². The Bertz CT molecular complexity index is 533. The average molecular weight is 306 g/mol. The minimum atomic E-state index is -0.432. The summed E-state index contributed by atoms with van der Waals surface area (Å²) in [5, 5.41) is 12.5. The second-order valence-corrected chi connectivity index (χ2v) is 6.10. The summed E-state index contributed by atoms with van der Waals surface area (Å²) in [6, 6.07) is 5.82. The molecule has 0 aromatic heterocycles. The molecule has 1 atom stereocenters. The van der Waals surface area contributed by atoms with E-state index in [0.717, 1.165) is 29.7 Å². The van der Waals surface area contributed by atoms with E-state index in [4.69, 9.17) is 4.74 Å². The van der Waals surface area contributed by atoms with Crippen molar-refractivity contribution < 1.29 is 14.6 Å². The van der Waals surface area contributed by atoms with Gasteiger partial charge in [-0.3, -0.25) is 0 Å². The molecule has 0 radical (unpaired) electrons. The molecule has 1 aliphatic rings. The number of ether oxygens (including phenoxy) is 1. The molecule has 2 amide bonds. The third-order valence-electron chi connectivity index (χ3n) is 4.32. The zero-order chi connectivity index (χ0) is 16.2. The largest absolute Gasteiger partial charge is 0.494 e. The standard InChI is InChI=1S/C17H26N2O3/c1-4-22-15-7-6-14(10-13(15)2)11-18-16(21)19-9-5-8-17(19,3)12-20/h6-7,10,20H,4-5,8-9,11-12H2,1-3H3,(H,18,21)/t17-/m1/s1. The van der Waals surface area contributed by atoms with E-state index < -0.39 is 5.54 Å². The lowest BCUT2D eigenvalue weighted by Crippen LogP contribution is -2.51. The molecule has 1 fully saturated rings. The van der Waals surface area contributed by atoms with Gasteiger partial charge in [0, 0.05) is 13.1 Å². The van der Waals surface area contributed by atoms with Crippen LogP contribution >= 0.6 is 0 Å². The number of amides is 2. The van der Waals surface area contributed by atoms with Crippen LogP contribution < -0.4 is 10.1 Å². The molecule has 1 aromatic rings. The Kier molecular flexibility index (Phi) is 5.29. The molecule has 1 heterocycles. The molecule has 5 nitrogen and oxygen atoms in total. The van der Waals surface area contributed by atoms with Gasteiger partial charge in [0.1, 0.15) is 5.75 Å². The zero-order valence-electron chi connectivity index (χ0n) is 13.7. The van der Waals surface area contributed by atoms with Crippen molar-refractivity contribution in [3.05, 3.63) is 29.3 Å². The normalized spacial score (nSPS) is 21.0. The fourth-order valence-corrected chi connectivity index (χ4v) is 2.95. The van der Waals surface area contributed by atoms with Gasteiger partial charge in [-0.2, -0.15) is 0 Å². The third-order valence-corrected chi connectivity index (χ3v) is 4.32. The summed E-state index contributed by atoms with van der Waals surface area (Å²) in [6.45, 7) is 7.71. The summed E-state index contributed by atoms with van der Waals surface area (Å²) in [6.07, 6.45) is 1.78. The van der Waals surface area contributed by atoms with E-state index in [-0.39, 0.29) is 12.6 Å². The van der Waals surface area contributed by atoms with Crippen LogP contribution in [0.15, 0.2) is 18.2 Å². The summed E-state index contributed by atoms with van der Waals surface area (Å²) in [5.41, 5.74) is 1.67. The summed E-state index contributed by atoms with van der Waals surface area (Å²) < 4.78 is 5.52. The maximum Gasteiger partial charge on any atom is 0.318 e. The van der Waals surface area contributed by atoms with Crippen LogP contribution in [0.1, 0.15) is 37.8 Å². The van der Waals surface area contributed by atoms with Crippen molar-refractivity contribution in [2.75, 3.05) is 19.8 Å². The predicted octanol–water partition coefficient (Wildman–Crippen LogP) is 2.45. The first-order valence-corrected chi connectivity index (χ1v) is 7.89. The summed E-state index contributed by atoms with van der Waals surface area (Å²) in [5.74, 6) is 0.880. The Labute approximate surface area is 132 Å². The fourth-order valence-electron chi connectivity index (χ4n) is 2.95. The molecule has 0 saturated carbocycles. The number of urea groups is 1. The predicted molar refractivity (Wildman–Crippen MR) is 86.0 cm³/mol. The Morgan fingerprint density at radius 3 is 2.91 bits per heavy atom. The van der Waals surface area contributed by atoms with Gasteiger partial charge in [-0.15, -0.1) is 0 Å². The van der Waals surface area contributed by atoms with Crippen LogP contribution in [-0.4, -0.2) is 41.3 Å². The number of rotatable bonds is 5. The quantitative estimate of drug-likeness (QED) is 0.878. The van der Waals surface area contributed by atoms with Crippen LogP contribution in [-0.2, 0) is 6.54 Å². The molecule has 2 N–H and O–H groups in total. The molecule has 2 rings (SSSR count). The van der Waals surface area contributed by atoms with Crippen molar-refractivity contribution in [1.82, 2.24) is 10.2 Å². The van der Waals surface area contributed by atoms with Gasteiger partial charge in [0.05, 0.1) is 18.8 Å².